The van der Waals surface area contributed by atoms with Gasteiger partial charge in [-0.25, -0.2) is 4.98 Å². The van der Waals surface area contributed by atoms with Crippen molar-refractivity contribution in [3.8, 4) is 17.4 Å². The number of benzene rings is 1. The van der Waals surface area contributed by atoms with E-state index in [-0.39, 0.29) is 27.4 Å². The lowest BCUT2D eigenvalue weighted by Gasteiger charge is -2.11. The number of ether oxygens (including phenoxy) is 1. The molecule has 1 N–H and O–H groups in total. The first kappa shape index (κ1) is 14.7. The Morgan fingerprint density at radius 3 is 2.35 bits per heavy atom. The summed E-state index contributed by atoms with van der Waals surface area (Å²) in [7, 11) is 0. The summed E-state index contributed by atoms with van der Waals surface area (Å²) in [4.78, 5) is 3.51. The number of phenolic OH excluding ortho intramolecular Hbond substituents is 1. The number of alkyl halides is 3. The molecule has 0 aliphatic carbocycles. The van der Waals surface area contributed by atoms with Crippen LogP contribution < -0.4 is 4.74 Å². The summed E-state index contributed by atoms with van der Waals surface area (Å²) in [5.41, 5.74) is -0.980. The van der Waals surface area contributed by atoms with Gasteiger partial charge in [0, 0.05) is 12.3 Å². The van der Waals surface area contributed by atoms with Gasteiger partial charge in [0.15, 0.2) is 0 Å². The van der Waals surface area contributed by atoms with Gasteiger partial charge >= 0.3 is 6.18 Å². The molecule has 0 amide bonds. The lowest BCUT2D eigenvalue weighted by atomic mass is 10.3. The van der Waals surface area contributed by atoms with Gasteiger partial charge in [-0.3, -0.25) is 0 Å². The molecule has 0 spiro atoms. The third-order valence-electron chi connectivity index (χ3n) is 2.26. The Morgan fingerprint density at radius 2 is 1.80 bits per heavy atom. The van der Waals surface area contributed by atoms with Crippen molar-refractivity contribution in [2.75, 3.05) is 0 Å². The number of aromatic hydroxyl groups is 1. The molecule has 1 heterocycles. The topological polar surface area (TPSA) is 42.4 Å². The molecule has 0 aliphatic heterocycles. The molecular formula is C12H6Cl2F3NO2. The van der Waals surface area contributed by atoms with Gasteiger partial charge in [-0.15, -0.1) is 0 Å². The monoisotopic (exact) mass is 323 g/mol. The highest BCUT2D eigenvalue weighted by Gasteiger charge is 2.31. The van der Waals surface area contributed by atoms with E-state index in [1.807, 2.05) is 0 Å². The number of halogens is 5. The first-order valence-electron chi connectivity index (χ1n) is 5.16. The van der Waals surface area contributed by atoms with E-state index in [0.29, 0.717) is 12.3 Å². The maximum absolute atomic E-state index is 12.4. The van der Waals surface area contributed by atoms with Gasteiger partial charge in [0.1, 0.15) is 16.5 Å². The van der Waals surface area contributed by atoms with Gasteiger partial charge in [-0.05, 0) is 18.2 Å². The van der Waals surface area contributed by atoms with Gasteiger partial charge in [0.25, 0.3) is 0 Å². The maximum Gasteiger partial charge on any atom is 0.417 e. The second-order valence-electron chi connectivity index (χ2n) is 3.73. The molecule has 0 saturated heterocycles. The fourth-order valence-corrected chi connectivity index (χ4v) is 1.75. The number of nitrogens with zero attached hydrogens (tertiary/aromatic N) is 1. The molecule has 106 valence electrons. The van der Waals surface area contributed by atoms with Gasteiger partial charge in [0.05, 0.1) is 10.6 Å². The normalized spacial score (nSPS) is 11.4. The SMILES string of the molecule is Oc1ccc(Oc2ncc(C(F)(F)F)cc2Cl)c(Cl)c1. The molecule has 3 nitrogen and oxygen atoms in total. The Morgan fingerprint density at radius 1 is 1.10 bits per heavy atom. The molecule has 0 aliphatic rings. The lowest BCUT2D eigenvalue weighted by Crippen LogP contribution is -2.05. The molecule has 0 radical (unpaired) electrons. The Labute approximate surface area is 121 Å². The van der Waals surface area contributed by atoms with E-state index in [2.05, 4.69) is 4.98 Å². The Bertz CT molecular complexity index is 647. The second kappa shape index (κ2) is 5.38. The number of aromatic nitrogens is 1. The van der Waals surface area contributed by atoms with Crippen molar-refractivity contribution in [2.24, 2.45) is 0 Å². The quantitative estimate of drug-likeness (QED) is 0.854. The second-order valence-corrected chi connectivity index (χ2v) is 4.54. The van der Waals surface area contributed by atoms with Crippen molar-refractivity contribution in [1.82, 2.24) is 4.98 Å². The number of rotatable bonds is 2. The summed E-state index contributed by atoms with van der Waals surface area (Å²) in [5, 5.41) is 8.95. The van der Waals surface area contributed by atoms with Crippen LogP contribution in [0.5, 0.6) is 17.4 Å². The van der Waals surface area contributed by atoms with Crippen LogP contribution in [-0.4, -0.2) is 10.1 Å². The van der Waals surface area contributed by atoms with Crippen LogP contribution in [0.1, 0.15) is 5.56 Å². The zero-order valence-electron chi connectivity index (χ0n) is 9.58. The van der Waals surface area contributed by atoms with Gasteiger partial charge in [0.2, 0.25) is 5.88 Å². The molecule has 0 atom stereocenters. The first-order chi connectivity index (χ1) is 9.27. The largest absolute Gasteiger partial charge is 0.508 e. The fraction of sp³-hybridized carbons (Fsp3) is 0.0833. The molecule has 2 aromatic rings. The molecular weight excluding hydrogens is 318 g/mol. The van der Waals surface area contributed by atoms with Gasteiger partial charge in [-0.1, -0.05) is 23.2 Å². The molecule has 0 saturated carbocycles. The van der Waals surface area contributed by atoms with Crippen molar-refractivity contribution in [3.63, 3.8) is 0 Å². The fourth-order valence-electron chi connectivity index (χ4n) is 1.33. The van der Waals surface area contributed by atoms with Crippen molar-refractivity contribution < 1.29 is 23.0 Å². The summed E-state index contributed by atoms with van der Waals surface area (Å²) in [5.74, 6) is -0.181. The van der Waals surface area contributed by atoms with Crippen LogP contribution in [-0.2, 0) is 6.18 Å². The Hall–Kier alpha value is -1.66. The lowest BCUT2D eigenvalue weighted by molar-refractivity contribution is -0.137. The average Bonchev–Trinajstić information content (AvgIpc) is 2.33. The predicted octanol–water partition coefficient (Wildman–Crippen LogP) is 4.91. The van der Waals surface area contributed by atoms with Crippen LogP contribution >= 0.6 is 23.2 Å². The van der Waals surface area contributed by atoms with Crippen molar-refractivity contribution in [3.05, 3.63) is 46.1 Å². The smallest absolute Gasteiger partial charge is 0.417 e. The molecule has 0 unspecified atom stereocenters. The van der Waals surface area contributed by atoms with Crippen LogP contribution in [0.2, 0.25) is 10.0 Å². The van der Waals surface area contributed by atoms with Crippen LogP contribution in [0, 0.1) is 0 Å². The minimum absolute atomic E-state index is 0.0720. The zero-order chi connectivity index (χ0) is 14.9. The molecule has 0 fully saturated rings. The van der Waals surface area contributed by atoms with Gasteiger partial charge in [-0.2, -0.15) is 13.2 Å². The van der Waals surface area contributed by atoms with Crippen molar-refractivity contribution in [1.29, 1.82) is 0 Å². The first-order valence-corrected chi connectivity index (χ1v) is 5.92. The number of hydrogen-bond donors (Lipinski definition) is 1. The van der Waals surface area contributed by atoms with Crippen molar-refractivity contribution >= 4 is 23.2 Å². The highest BCUT2D eigenvalue weighted by atomic mass is 35.5. The van der Waals surface area contributed by atoms with Crippen LogP contribution in [0.25, 0.3) is 0 Å². The minimum Gasteiger partial charge on any atom is -0.508 e. The highest BCUT2D eigenvalue weighted by molar-refractivity contribution is 6.32. The average molecular weight is 324 g/mol. The maximum atomic E-state index is 12.4. The number of pyridine rings is 1. The Balaban J connectivity index is 2.30. The summed E-state index contributed by atoms with van der Waals surface area (Å²) >= 11 is 11.5. The molecule has 1 aromatic heterocycles. The molecule has 20 heavy (non-hydrogen) atoms. The summed E-state index contributed by atoms with van der Waals surface area (Å²) < 4.78 is 42.5. The zero-order valence-corrected chi connectivity index (χ0v) is 11.1. The van der Waals surface area contributed by atoms with E-state index >= 15 is 0 Å². The molecule has 8 heteroatoms. The van der Waals surface area contributed by atoms with Crippen LogP contribution in [0.15, 0.2) is 30.5 Å². The van der Waals surface area contributed by atoms with E-state index < -0.39 is 11.7 Å². The highest BCUT2D eigenvalue weighted by Crippen LogP contribution is 2.37. The third-order valence-corrected chi connectivity index (χ3v) is 2.82. The summed E-state index contributed by atoms with van der Waals surface area (Å²) in [6, 6.07) is 4.57. The predicted molar refractivity (Wildman–Crippen MR) is 67.4 cm³/mol. The number of phenols is 1. The third kappa shape index (κ3) is 3.26. The van der Waals surface area contributed by atoms with E-state index in [1.165, 1.54) is 18.2 Å². The van der Waals surface area contributed by atoms with Crippen LogP contribution in [0.4, 0.5) is 13.2 Å². The standard InChI is InChI=1S/C12H6Cl2F3NO2/c13-8-4-7(19)1-2-10(8)20-11-9(14)3-6(5-18-11)12(15,16)17/h1-5,19H. The van der Waals surface area contributed by atoms with E-state index in [4.69, 9.17) is 27.9 Å². The van der Waals surface area contributed by atoms with Gasteiger partial charge < -0.3 is 9.84 Å². The van der Waals surface area contributed by atoms with E-state index in [9.17, 15) is 18.3 Å². The van der Waals surface area contributed by atoms with E-state index in [0.717, 1.165) is 0 Å². The van der Waals surface area contributed by atoms with Crippen LogP contribution in [0.3, 0.4) is 0 Å². The Kier molecular flexibility index (Phi) is 3.96. The summed E-state index contributed by atoms with van der Waals surface area (Å²) in [6.45, 7) is 0. The molecule has 0 bridgehead atoms. The van der Waals surface area contributed by atoms with E-state index in [1.54, 1.807) is 0 Å². The molecule has 1 aromatic carbocycles. The minimum atomic E-state index is -4.54. The summed E-state index contributed by atoms with van der Waals surface area (Å²) in [6.07, 6.45) is -3.93. The number of hydrogen-bond acceptors (Lipinski definition) is 3. The molecule has 2 rings (SSSR count). The van der Waals surface area contributed by atoms with Crippen molar-refractivity contribution in [2.45, 2.75) is 6.18 Å².